The van der Waals surface area contributed by atoms with E-state index in [0.29, 0.717) is 0 Å². The van der Waals surface area contributed by atoms with Crippen molar-refractivity contribution in [3.8, 4) is 22.3 Å². The van der Waals surface area contributed by atoms with Crippen molar-refractivity contribution in [1.82, 2.24) is 0 Å². The summed E-state index contributed by atoms with van der Waals surface area (Å²) in [7, 11) is 0. The molecule has 0 saturated carbocycles. The van der Waals surface area contributed by atoms with Gasteiger partial charge in [-0.1, -0.05) is 169 Å². The van der Waals surface area contributed by atoms with E-state index in [1.54, 1.807) is 0 Å². The molecule has 61 heavy (non-hydrogen) atoms. The van der Waals surface area contributed by atoms with E-state index in [9.17, 15) is 0 Å². The fourth-order valence-electron chi connectivity index (χ4n) is 9.74. The molecule has 0 N–H and O–H groups in total. The van der Waals surface area contributed by atoms with Crippen LogP contribution in [0.25, 0.3) is 34.4 Å². The van der Waals surface area contributed by atoms with Crippen molar-refractivity contribution in [2.75, 3.05) is 9.80 Å². The Hall–Kier alpha value is -7.68. The van der Waals surface area contributed by atoms with Crippen molar-refractivity contribution in [1.29, 1.82) is 0 Å². The lowest BCUT2D eigenvalue weighted by atomic mass is 9.70. The van der Waals surface area contributed by atoms with E-state index < -0.39 is 5.41 Å². The first-order valence-corrected chi connectivity index (χ1v) is 21.2. The minimum atomic E-state index is -0.537. The standard InChI is InChI=1S/C59H44N2/c1-41-21-29-46(30-22-41)60(45-15-7-4-8-16-45)49-35-37-53-51-17-9-11-19-55(51)59(57(53)39-49)56-20-12-10-18-52(56)54-38-36-50(40-58(54)59)61(47-31-23-42(2)24-32-47)48-33-27-44(28-34-48)26-25-43-13-5-3-6-14-43/h3-40H,1-2H3. The van der Waals surface area contributed by atoms with Crippen LogP contribution in [-0.4, -0.2) is 0 Å². The molecular formula is C59H44N2. The molecule has 2 heteroatoms. The normalized spacial score (nSPS) is 14.4. The van der Waals surface area contributed by atoms with Crippen LogP contribution in [0.3, 0.4) is 0 Å². The van der Waals surface area contributed by atoms with Gasteiger partial charge in [0.15, 0.2) is 0 Å². The summed E-state index contributed by atoms with van der Waals surface area (Å²) in [5.41, 5.74) is 21.4. The van der Waals surface area contributed by atoms with E-state index in [1.165, 1.54) is 61.2 Å². The molecule has 0 fully saturated rings. The number of hydrogen-bond acceptors (Lipinski definition) is 2. The van der Waals surface area contributed by atoms with E-state index in [-0.39, 0.29) is 0 Å². The van der Waals surface area contributed by atoms with Gasteiger partial charge in [-0.05, 0) is 142 Å². The van der Waals surface area contributed by atoms with Gasteiger partial charge in [-0.3, -0.25) is 0 Å². The predicted octanol–water partition coefficient (Wildman–Crippen LogP) is 15.8. The second-order valence-electron chi connectivity index (χ2n) is 16.3. The first kappa shape index (κ1) is 36.4. The molecule has 11 rings (SSSR count). The quantitative estimate of drug-likeness (QED) is 0.142. The molecule has 2 aliphatic rings. The van der Waals surface area contributed by atoms with Gasteiger partial charge in [-0.25, -0.2) is 0 Å². The molecule has 0 aromatic heterocycles. The van der Waals surface area contributed by atoms with Crippen LogP contribution in [-0.2, 0) is 5.41 Å². The third kappa shape index (κ3) is 6.10. The zero-order chi connectivity index (χ0) is 40.9. The molecule has 2 aliphatic carbocycles. The maximum absolute atomic E-state index is 2.48. The van der Waals surface area contributed by atoms with Crippen LogP contribution in [0.1, 0.15) is 44.5 Å². The lowest BCUT2D eigenvalue weighted by molar-refractivity contribution is 0.793. The van der Waals surface area contributed by atoms with Crippen LogP contribution < -0.4 is 9.80 Å². The highest BCUT2D eigenvalue weighted by Gasteiger charge is 2.52. The van der Waals surface area contributed by atoms with Crippen LogP contribution in [0.4, 0.5) is 34.1 Å². The van der Waals surface area contributed by atoms with Crippen molar-refractivity contribution >= 4 is 46.3 Å². The van der Waals surface area contributed by atoms with E-state index >= 15 is 0 Å². The zero-order valence-electron chi connectivity index (χ0n) is 34.3. The molecule has 1 atom stereocenters. The van der Waals surface area contributed by atoms with Gasteiger partial charge in [0.2, 0.25) is 0 Å². The number of aryl methyl sites for hydroxylation is 2. The minimum Gasteiger partial charge on any atom is -0.310 e. The van der Waals surface area contributed by atoms with Crippen molar-refractivity contribution in [3.63, 3.8) is 0 Å². The summed E-state index contributed by atoms with van der Waals surface area (Å²) in [6.45, 7) is 4.30. The Kier molecular flexibility index (Phi) is 8.86. The van der Waals surface area contributed by atoms with E-state index in [1.807, 2.05) is 0 Å². The summed E-state index contributed by atoms with van der Waals surface area (Å²) < 4.78 is 0. The Morgan fingerprint density at radius 2 is 0.639 bits per heavy atom. The summed E-state index contributed by atoms with van der Waals surface area (Å²) >= 11 is 0. The number of nitrogens with zero attached hydrogens (tertiary/aromatic N) is 2. The molecule has 290 valence electrons. The molecule has 1 spiro atoms. The highest BCUT2D eigenvalue weighted by molar-refractivity contribution is 5.97. The Labute approximate surface area is 359 Å². The average molecular weight is 781 g/mol. The smallest absolute Gasteiger partial charge is 0.0727 e. The molecule has 0 amide bonds. The third-order valence-corrected chi connectivity index (χ3v) is 12.6. The second-order valence-corrected chi connectivity index (χ2v) is 16.3. The summed E-state index contributed by atoms with van der Waals surface area (Å²) in [5, 5.41) is 0. The van der Waals surface area contributed by atoms with Gasteiger partial charge in [0, 0.05) is 34.1 Å². The first-order valence-electron chi connectivity index (χ1n) is 21.2. The number of fused-ring (bicyclic) bond motifs is 10. The summed E-state index contributed by atoms with van der Waals surface area (Å²) in [5.74, 6) is 0. The zero-order valence-corrected chi connectivity index (χ0v) is 34.3. The Morgan fingerprint density at radius 1 is 0.295 bits per heavy atom. The molecule has 0 saturated heterocycles. The Morgan fingerprint density at radius 3 is 1.11 bits per heavy atom. The van der Waals surface area contributed by atoms with E-state index in [2.05, 4.69) is 254 Å². The van der Waals surface area contributed by atoms with Crippen LogP contribution in [0.2, 0.25) is 0 Å². The lowest BCUT2D eigenvalue weighted by Crippen LogP contribution is -2.26. The summed E-state index contributed by atoms with van der Waals surface area (Å²) in [4.78, 5) is 4.81. The van der Waals surface area contributed by atoms with Gasteiger partial charge in [0.05, 0.1) is 5.41 Å². The first-order chi connectivity index (χ1) is 30.1. The van der Waals surface area contributed by atoms with E-state index in [4.69, 9.17) is 0 Å². The number of para-hydroxylation sites is 1. The van der Waals surface area contributed by atoms with Gasteiger partial charge >= 0.3 is 0 Å². The molecular weight excluding hydrogens is 737 g/mol. The van der Waals surface area contributed by atoms with Gasteiger partial charge in [0.1, 0.15) is 0 Å². The second kappa shape index (κ2) is 14.9. The highest BCUT2D eigenvalue weighted by Crippen LogP contribution is 2.64. The van der Waals surface area contributed by atoms with Crippen LogP contribution in [0.5, 0.6) is 0 Å². The number of rotatable bonds is 8. The molecule has 0 heterocycles. The Balaban J connectivity index is 1.11. The Bertz CT molecular complexity index is 3060. The van der Waals surface area contributed by atoms with Crippen molar-refractivity contribution in [3.05, 3.63) is 263 Å². The van der Waals surface area contributed by atoms with Gasteiger partial charge < -0.3 is 9.80 Å². The van der Waals surface area contributed by atoms with Crippen molar-refractivity contribution in [2.45, 2.75) is 19.3 Å². The lowest BCUT2D eigenvalue weighted by Gasteiger charge is -2.33. The molecule has 1 unspecified atom stereocenters. The fourth-order valence-corrected chi connectivity index (χ4v) is 9.74. The molecule has 2 nitrogen and oxygen atoms in total. The average Bonchev–Trinajstić information content (AvgIpc) is 3.78. The molecule has 9 aromatic rings. The van der Waals surface area contributed by atoms with Crippen LogP contribution in [0, 0.1) is 13.8 Å². The number of anilines is 6. The fraction of sp³-hybridized carbons (Fsp3) is 0.0508. The largest absolute Gasteiger partial charge is 0.310 e. The van der Waals surface area contributed by atoms with Crippen LogP contribution in [0.15, 0.2) is 218 Å². The number of hydrogen-bond donors (Lipinski definition) is 0. The molecule has 9 aromatic carbocycles. The van der Waals surface area contributed by atoms with E-state index in [0.717, 1.165) is 39.7 Å². The third-order valence-electron chi connectivity index (χ3n) is 12.6. The van der Waals surface area contributed by atoms with Gasteiger partial charge in [-0.15, -0.1) is 0 Å². The monoisotopic (exact) mass is 780 g/mol. The SMILES string of the molecule is Cc1ccc(N(c2ccccc2)c2ccc3c(c2)C2(c4ccccc4-3)c3ccccc3-c3ccc(N(c4ccc(C)cc4)c4ccc(C=Cc5ccccc5)cc4)cc32)cc1. The van der Waals surface area contributed by atoms with Gasteiger partial charge in [-0.2, -0.15) is 0 Å². The van der Waals surface area contributed by atoms with Crippen molar-refractivity contribution in [2.24, 2.45) is 0 Å². The molecule has 0 aliphatic heterocycles. The van der Waals surface area contributed by atoms with Gasteiger partial charge in [0.25, 0.3) is 0 Å². The topological polar surface area (TPSA) is 6.48 Å². The maximum atomic E-state index is 2.48. The van der Waals surface area contributed by atoms with Crippen LogP contribution >= 0.6 is 0 Å². The minimum absolute atomic E-state index is 0.537. The summed E-state index contributed by atoms with van der Waals surface area (Å²) in [6, 6.07) is 80.4. The molecule has 0 bridgehead atoms. The summed E-state index contributed by atoms with van der Waals surface area (Å²) in [6.07, 6.45) is 4.36. The molecule has 0 radical (unpaired) electrons. The van der Waals surface area contributed by atoms with Crippen molar-refractivity contribution < 1.29 is 0 Å². The maximum Gasteiger partial charge on any atom is 0.0727 e. The highest BCUT2D eigenvalue weighted by atomic mass is 15.1. The number of benzene rings is 9. The predicted molar refractivity (Wildman–Crippen MR) is 257 cm³/mol.